The highest BCUT2D eigenvalue weighted by Gasteiger charge is 2.38. The lowest BCUT2D eigenvalue weighted by Gasteiger charge is -2.41. The van der Waals surface area contributed by atoms with Crippen LogP contribution in [0.4, 0.5) is 0 Å². The molecule has 2 aliphatic heterocycles. The van der Waals surface area contributed by atoms with Crippen molar-refractivity contribution in [2.45, 2.75) is 66.1 Å². The third-order valence-corrected chi connectivity index (χ3v) is 4.77. The fourth-order valence-electron chi connectivity index (χ4n) is 2.85. The number of rotatable bonds is 3. The fourth-order valence-corrected chi connectivity index (χ4v) is 2.85. The Morgan fingerprint density at radius 1 is 1.27 bits per heavy atom. The molecule has 0 aromatic rings. The summed E-state index contributed by atoms with van der Waals surface area (Å²) in [5, 5.41) is 3.04. The van der Waals surface area contributed by atoms with E-state index >= 15 is 0 Å². The van der Waals surface area contributed by atoms with Gasteiger partial charge in [-0.25, -0.2) is 0 Å². The second-order valence-corrected chi connectivity index (χ2v) is 8.18. The van der Waals surface area contributed by atoms with Crippen molar-refractivity contribution in [1.29, 1.82) is 0 Å². The minimum Gasteiger partial charge on any atom is -0.410 e. The largest absolute Gasteiger partial charge is 0.410 e. The summed E-state index contributed by atoms with van der Waals surface area (Å²) in [6.45, 7) is 14.5. The highest BCUT2D eigenvalue weighted by atomic mass is 16.7. The van der Waals surface area contributed by atoms with Gasteiger partial charge in [0.1, 0.15) is 11.9 Å². The standard InChI is InChI=1S/C17H31N3O2/c1-12-7-9-20(10-8-12)17(5,6)15(21)18-14-11-13(22-19-14)16(2,3)4/h11-12,14,19H,7-10H2,1-6H3,(H,18,21). The zero-order chi connectivity index (χ0) is 16.5. The van der Waals surface area contributed by atoms with E-state index in [9.17, 15) is 4.79 Å². The Kier molecular flexibility index (Phi) is 4.87. The normalized spacial score (nSPS) is 24.8. The van der Waals surface area contributed by atoms with Gasteiger partial charge in [-0.2, -0.15) is 0 Å². The van der Waals surface area contributed by atoms with Crippen molar-refractivity contribution >= 4 is 5.91 Å². The van der Waals surface area contributed by atoms with Crippen LogP contribution in [0.15, 0.2) is 11.8 Å². The third-order valence-electron chi connectivity index (χ3n) is 4.77. The summed E-state index contributed by atoms with van der Waals surface area (Å²) >= 11 is 0. The second kappa shape index (κ2) is 6.20. The maximum atomic E-state index is 12.7. The first-order chi connectivity index (χ1) is 10.1. The summed E-state index contributed by atoms with van der Waals surface area (Å²) in [5.74, 6) is 1.66. The minimum absolute atomic E-state index is 0.0366. The number of hydroxylamine groups is 1. The summed E-state index contributed by atoms with van der Waals surface area (Å²) in [7, 11) is 0. The van der Waals surface area contributed by atoms with E-state index in [0.29, 0.717) is 0 Å². The van der Waals surface area contributed by atoms with Gasteiger partial charge in [-0.3, -0.25) is 9.69 Å². The van der Waals surface area contributed by atoms with Gasteiger partial charge in [-0.1, -0.05) is 27.7 Å². The van der Waals surface area contributed by atoms with Crippen LogP contribution in [0.25, 0.3) is 0 Å². The second-order valence-electron chi connectivity index (χ2n) is 8.18. The van der Waals surface area contributed by atoms with Crippen LogP contribution >= 0.6 is 0 Å². The van der Waals surface area contributed by atoms with Gasteiger partial charge in [-0.15, -0.1) is 5.48 Å². The van der Waals surface area contributed by atoms with E-state index in [2.05, 4.69) is 43.4 Å². The molecule has 5 nitrogen and oxygen atoms in total. The van der Waals surface area contributed by atoms with Gasteiger partial charge in [0, 0.05) is 5.41 Å². The number of likely N-dealkylation sites (tertiary alicyclic amines) is 1. The molecule has 5 heteroatoms. The Morgan fingerprint density at radius 3 is 2.36 bits per heavy atom. The number of carbonyl (C=O) groups is 1. The lowest BCUT2D eigenvalue weighted by molar-refractivity contribution is -0.133. The molecule has 1 unspecified atom stereocenters. The van der Waals surface area contributed by atoms with Crippen LogP contribution in [0, 0.1) is 11.3 Å². The smallest absolute Gasteiger partial charge is 0.241 e. The molecular formula is C17H31N3O2. The first-order valence-electron chi connectivity index (χ1n) is 8.31. The third kappa shape index (κ3) is 3.82. The molecule has 1 saturated heterocycles. The molecule has 2 heterocycles. The lowest BCUT2D eigenvalue weighted by atomic mass is 9.92. The van der Waals surface area contributed by atoms with Crippen LogP contribution in [0.5, 0.6) is 0 Å². The van der Waals surface area contributed by atoms with Crippen LogP contribution in [0.1, 0.15) is 54.4 Å². The number of piperidine rings is 1. The summed E-state index contributed by atoms with van der Waals surface area (Å²) in [4.78, 5) is 20.5. The molecule has 22 heavy (non-hydrogen) atoms. The monoisotopic (exact) mass is 309 g/mol. The van der Waals surface area contributed by atoms with Crippen LogP contribution in [0.2, 0.25) is 0 Å². The molecule has 1 atom stereocenters. The minimum atomic E-state index is -0.500. The number of carbonyl (C=O) groups excluding carboxylic acids is 1. The van der Waals surface area contributed by atoms with Gasteiger partial charge < -0.3 is 10.2 Å². The van der Waals surface area contributed by atoms with Crippen LogP contribution in [-0.2, 0) is 9.63 Å². The number of nitrogens with zero attached hydrogens (tertiary/aromatic N) is 1. The van der Waals surface area contributed by atoms with Gasteiger partial charge >= 0.3 is 0 Å². The molecule has 0 radical (unpaired) electrons. The SMILES string of the molecule is CC1CCN(C(C)(C)C(=O)NC2C=C(C(C)(C)C)ON2)CC1. The van der Waals surface area contributed by atoms with Crippen LogP contribution in [-0.4, -0.2) is 35.6 Å². The van der Waals surface area contributed by atoms with E-state index in [1.165, 1.54) is 0 Å². The Morgan fingerprint density at radius 2 is 1.86 bits per heavy atom. The Bertz CT molecular complexity index is 443. The van der Waals surface area contributed by atoms with Crippen molar-refractivity contribution in [1.82, 2.24) is 15.7 Å². The summed E-state index contributed by atoms with van der Waals surface area (Å²) in [6, 6.07) is 0. The molecule has 2 rings (SSSR count). The van der Waals surface area contributed by atoms with Crippen molar-refractivity contribution in [3.63, 3.8) is 0 Å². The summed E-state index contributed by atoms with van der Waals surface area (Å²) in [5.41, 5.74) is 2.32. The highest BCUT2D eigenvalue weighted by molar-refractivity contribution is 5.85. The van der Waals surface area contributed by atoms with Crippen molar-refractivity contribution in [2.75, 3.05) is 13.1 Å². The van der Waals surface area contributed by atoms with Gasteiger partial charge in [0.25, 0.3) is 0 Å². The highest BCUT2D eigenvalue weighted by Crippen LogP contribution is 2.28. The average molecular weight is 309 g/mol. The van der Waals surface area contributed by atoms with Gasteiger partial charge in [0.2, 0.25) is 5.91 Å². The lowest BCUT2D eigenvalue weighted by Crippen LogP contribution is -2.59. The Labute approximate surface area is 134 Å². The molecule has 0 saturated carbocycles. The van der Waals surface area contributed by atoms with Gasteiger partial charge in [-0.05, 0) is 51.8 Å². The van der Waals surface area contributed by atoms with Crippen LogP contribution in [0.3, 0.4) is 0 Å². The fraction of sp³-hybridized carbons (Fsp3) is 0.824. The first-order valence-corrected chi connectivity index (χ1v) is 8.31. The van der Waals surface area contributed by atoms with E-state index in [0.717, 1.165) is 37.6 Å². The quantitative estimate of drug-likeness (QED) is 0.840. The van der Waals surface area contributed by atoms with Gasteiger partial charge in [0.05, 0.1) is 5.54 Å². The molecule has 2 aliphatic rings. The molecular weight excluding hydrogens is 278 g/mol. The van der Waals surface area contributed by atoms with E-state index in [-0.39, 0.29) is 17.5 Å². The molecule has 0 spiro atoms. The molecule has 0 bridgehead atoms. The summed E-state index contributed by atoms with van der Waals surface area (Å²) in [6.07, 6.45) is 4.02. The number of nitrogens with one attached hydrogen (secondary N) is 2. The molecule has 2 N–H and O–H groups in total. The average Bonchev–Trinajstić information content (AvgIpc) is 2.87. The first kappa shape index (κ1) is 17.3. The van der Waals surface area contributed by atoms with Crippen molar-refractivity contribution in [3.05, 3.63) is 11.8 Å². The van der Waals surface area contributed by atoms with Crippen LogP contribution < -0.4 is 10.8 Å². The molecule has 0 aliphatic carbocycles. The number of hydrogen-bond acceptors (Lipinski definition) is 4. The molecule has 1 fully saturated rings. The molecule has 0 aromatic heterocycles. The predicted octanol–water partition coefficient (Wildman–Crippen LogP) is 2.40. The van der Waals surface area contributed by atoms with E-state index < -0.39 is 5.54 Å². The van der Waals surface area contributed by atoms with E-state index in [1.54, 1.807) is 0 Å². The topological polar surface area (TPSA) is 53.6 Å². The van der Waals surface area contributed by atoms with E-state index in [4.69, 9.17) is 4.84 Å². The maximum absolute atomic E-state index is 12.7. The number of allylic oxidation sites excluding steroid dienone is 1. The number of amides is 1. The van der Waals surface area contributed by atoms with Gasteiger partial charge in [0.15, 0.2) is 0 Å². The van der Waals surface area contributed by atoms with Crippen molar-refractivity contribution in [2.24, 2.45) is 11.3 Å². The summed E-state index contributed by atoms with van der Waals surface area (Å²) < 4.78 is 0. The van der Waals surface area contributed by atoms with Crippen molar-refractivity contribution < 1.29 is 9.63 Å². The predicted molar refractivity (Wildman–Crippen MR) is 87.7 cm³/mol. The molecule has 126 valence electrons. The molecule has 1 amide bonds. The Hall–Kier alpha value is -1.07. The van der Waals surface area contributed by atoms with Crippen molar-refractivity contribution in [3.8, 4) is 0 Å². The zero-order valence-electron chi connectivity index (χ0n) is 14.8. The van der Waals surface area contributed by atoms with E-state index in [1.807, 2.05) is 19.9 Å². The zero-order valence-corrected chi connectivity index (χ0v) is 14.8. The molecule has 0 aromatic carbocycles. The maximum Gasteiger partial charge on any atom is 0.241 e. The Balaban J connectivity index is 1.95. The number of hydrogen-bond donors (Lipinski definition) is 2.